The first-order chi connectivity index (χ1) is 17.7. The molecule has 1 aromatic heterocycles. The Hall–Kier alpha value is -3.79. The number of aliphatic hydroxyl groups excluding tert-OH is 1. The van der Waals surface area contributed by atoms with Crippen molar-refractivity contribution in [2.75, 3.05) is 17.2 Å². The van der Waals surface area contributed by atoms with Gasteiger partial charge in [-0.1, -0.05) is 29.4 Å². The summed E-state index contributed by atoms with van der Waals surface area (Å²) in [4.78, 5) is 24.8. The number of benzene rings is 2. The molecule has 0 bridgehead atoms. The first-order valence-corrected chi connectivity index (χ1v) is 12.4. The number of hydrogen-bond acceptors (Lipinski definition) is 7. The number of rotatable bonds is 9. The van der Waals surface area contributed by atoms with Gasteiger partial charge in [0.05, 0.1) is 17.8 Å². The van der Waals surface area contributed by atoms with E-state index in [4.69, 9.17) is 4.42 Å². The van der Waals surface area contributed by atoms with E-state index in [-0.39, 0.29) is 30.1 Å². The van der Waals surface area contributed by atoms with Crippen molar-refractivity contribution in [3.63, 3.8) is 0 Å². The lowest BCUT2D eigenvalue weighted by Gasteiger charge is -2.30. The summed E-state index contributed by atoms with van der Waals surface area (Å²) in [7, 11) is 0. The molecule has 1 heterocycles. The zero-order chi connectivity index (χ0) is 26.4. The molecular formula is C27H32FN5O4. The Morgan fingerprint density at radius 3 is 2.43 bits per heavy atom. The number of amides is 2. The fourth-order valence-corrected chi connectivity index (χ4v) is 4.50. The molecule has 196 valence electrons. The molecule has 1 saturated carbocycles. The maximum atomic E-state index is 13.8. The number of hydrogen-bond donors (Lipinski definition) is 4. The number of aromatic nitrogens is 2. The molecule has 2 aromatic carbocycles. The predicted octanol–water partition coefficient (Wildman–Crippen LogP) is 4.76. The van der Waals surface area contributed by atoms with Gasteiger partial charge in [0.25, 0.3) is 0 Å². The molecule has 10 heteroatoms. The molecule has 37 heavy (non-hydrogen) atoms. The van der Waals surface area contributed by atoms with E-state index in [9.17, 15) is 19.1 Å². The lowest BCUT2D eigenvalue weighted by molar-refractivity contribution is -0.124. The van der Waals surface area contributed by atoms with Crippen LogP contribution in [0.4, 0.5) is 21.8 Å². The van der Waals surface area contributed by atoms with E-state index in [1.807, 2.05) is 24.3 Å². The normalized spacial score (nSPS) is 17.7. The Morgan fingerprint density at radius 1 is 1.05 bits per heavy atom. The lowest BCUT2D eigenvalue weighted by Crippen LogP contribution is -2.46. The summed E-state index contributed by atoms with van der Waals surface area (Å²) in [5.41, 5.74) is 1.34. The highest BCUT2D eigenvalue weighted by atomic mass is 19.1. The molecule has 0 aliphatic heterocycles. The van der Waals surface area contributed by atoms with Crippen molar-refractivity contribution in [3.05, 3.63) is 65.8 Å². The second-order valence-corrected chi connectivity index (χ2v) is 10.1. The van der Waals surface area contributed by atoms with Gasteiger partial charge in [-0.05, 0) is 81.2 Å². The number of para-hydroxylation sites is 1. The van der Waals surface area contributed by atoms with Crippen LogP contribution in [0, 0.1) is 11.7 Å². The molecule has 4 rings (SSSR count). The smallest absolute Gasteiger partial charge is 0.320 e. The average molecular weight is 510 g/mol. The molecule has 9 nitrogen and oxygen atoms in total. The molecule has 0 unspecified atom stereocenters. The van der Waals surface area contributed by atoms with Crippen LogP contribution in [-0.2, 0) is 4.79 Å². The van der Waals surface area contributed by atoms with Gasteiger partial charge in [0, 0.05) is 12.1 Å². The first kappa shape index (κ1) is 26.3. The first-order valence-electron chi connectivity index (χ1n) is 12.4. The predicted molar refractivity (Wildman–Crippen MR) is 137 cm³/mol. The molecule has 0 saturated heterocycles. The van der Waals surface area contributed by atoms with Crippen LogP contribution in [0.2, 0.25) is 0 Å². The van der Waals surface area contributed by atoms with Crippen LogP contribution in [-0.4, -0.2) is 39.3 Å². The highest BCUT2D eigenvalue weighted by Crippen LogP contribution is 2.37. The Labute approximate surface area is 214 Å². The lowest BCUT2D eigenvalue weighted by atomic mass is 9.77. The molecule has 2 amide bonds. The largest absolute Gasteiger partial charge is 0.399 e. The number of carbonyl (C=O) groups is 2. The minimum Gasteiger partial charge on any atom is -0.399 e. The topological polar surface area (TPSA) is 129 Å². The number of nitrogens with one attached hydrogen (secondary N) is 3. The summed E-state index contributed by atoms with van der Waals surface area (Å²) in [6.45, 7) is 3.52. The van der Waals surface area contributed by atoms with E-state index in [1.54, 1.807) is 26.0 Å². The van der Waals surface area contributed by atoms with E-state index >= 15 is 0 Å². The highest BCUT2D eigenvalue weighted by Gasteiger charge is 2.26. The van der Waals surface area contributed by atoms with Crippen molar-refractivity contribution in [1.29, 1.82) is 0 Å². The van der Waals surface area contributed by atoms with E-state index in [2.05, 4.69) is 26.1 Å². The van der Waals surface area contributed by atoms with E-state index in [0.717, 1.165) is 25.7 Å². The molecule has 0 atom stereocenters. The van der Waals surface area contributed by atoms with Gasteiger partial charge in [-0.15, -0.1) is 5.10 Å². The molecule has 0 radical (unpaired) electrons. The molecular weight excluding hydrogens is 477 g/mol. The monoisotopic (exact) mass is 509 g/mol. The quantitative estimate of drug-likeness (QED) is 0.327. The number of carbonyl (C=O) groups excluding carboxylic acids is 2. The van der Waals surface area contributed by atoms with E-state index in [1.165, 1.54) is 17.7 Å². The number of nitrogens with zero attached hydrogens (tertiary/aromatic N) is 2. The Bertz CT molecular complexity index is 1220. The van der Waals surface area contributed by atoms with Crippen LogP contribution >= 0.6 is 0 Å². The Morgan fingerprint density at radius 2 is 1.76 bits per heavy atom. The maximum absolute atomic E-state index is 13.8. The van der Waals surface area contributed by atoms with Gasteiger partial charge in [-0.2, -0.15) is 0 Å². The summed E-state index contributed by atoms with van der Waals surface area (Å²) < 4.78 is 19.1. The molecule has 1 fully saturated rings. The molecule has 1 aliphatic rings. The molecule has 3 aromatic rings. The third-order valence-electron chi connectivity index (χ3n) is 6.57. The van der Waals surface area contributed by atoms with Crippen molar-refractivity contribution in [3.8, 4) is 0 Å². The third kappa shape index (κ3) is 7.13. The minimum atomic E-state index is -0.601. The van der Waals surface area contributed by atoms with Crippen LogP contribution < -0.4 is 16.0 Å². The van der Waals surface area contributed by atoms with Gasteiger partial charge in [0.1, 0.15) is 5.82 Å². The van der Waals surface area contributed by atoms with Crippen molar-refractivity contribution < 1.29 is 23.5 Å². The van der Waals surface area contributed by atoms with Crippen LogP contribution in [0.25, 0.3) is 0 Å². The zero-order valence-electron chi connectivity index (χ0n) is 21.0. The third-order valence-corrected chi connectivity index (χ3v) is 6.57. The second-order valence-electron chi connectivity index (χ2n) is 10.1. The molecule has 4 N–H and O–H groups in total. The molecule has 1 aliphatic carbocycles. The van der Waals surface area contributed by atoms with Gasteiger partial charge >= 0.3 is 17.8 Å². The van der Waals surface area contributed by atoms with Crippen molar-refractivity contribution in [2.45, 2.75) is 57.4 Å². The fourth-order valence-electron chi connectivity index (χ4n) is 4.50. The summed E-state index contributed by atoms with van der Waals surface area (Å²) in [5, 5.41) is 25.1. The van der Waals surface area contributed by atoms with Crippen LogP contribution in [0.1, 0.15) is 68.1 Å². The second kappa shape index (κ2) is 11.5. The van der Waals surface area contributed by atoms with Crippen molar-refractivity contribution in [2.24, 2.45) is 5.92 Å². The number of aliphatic hydroxyl groups is 1. The van der Waals surface area contributed by atoms with Gasteiger partial charge in [0.2, 0.25) is 5.91 Å². The van der Waals surface area contributed by atoms with Crippen LogP contribution in [0.3, 0.4) is 0 Å². The van der Waals surface area contributed by atoms with Crippen LogP contribution in [0.15, 0.2) is 52.9 Å². The maximum Gasteiger partial charge on any atom is 0.320 e. The van der Waals surface area contributed by atoms with Crippen molar-refractivity contribution in [1.82, 2.24) is 15.5 Å². The summed E-state index contributed by atoms with van der Waals surface area (Å²) in [5.74, 6) is -0.554. The SMILES string of the molecule is CC(C)(CO)NC(=O)C[C@H]1CC[C@H](c2ccc(NC(=O)c3nnc(Nc4ccccc4F)o3)cc2)CC1. The van der Waals surface area contributed by atoms with E-state index < -0.39 is 17.3 Å². The van der Waals surface area contributed by atoms with Gasteiger partial charge in [-0.3, -0.25) is 9.59 Å². The van der Waals surface area contributed by atoms with Crippen LogP contribution in [0.5, 0.6) is 0 Å². The Balaban J connectivity index is 1.26. The average Bonchev–Trinajstić information content (AvgIpc) is 3.35. The number of halogens is 1. The van der Waals surface area contributed by atoms with E-state index in [0.29, 0.717) is 23.9 Å². The Kier molecular flexibility index (Phi) is 8.17. The van der Waals surface area contributed by atoms with Crippen molar-refractivity contribution >= 4 is 29.2 Å². The zero-order valence-corrected chi connectivity index (χ0v) is 21.0. The van der Waals surface area contributed by atoms with Gasteiger partial charge in [-0.25, -0.2) is 4.39 Å². The highest BCUT2D eigenvalue weighted by molar-refractivity contribution is 6.00. The summed E-state index contributed by atoms with van der Waals surface area (Å²) >= 11 is 0. The molecule has 0 spiro atoms. The van der Waals surface area contributed by atoms with Gasteiger partial charge < -0.3 is 25.5 Å². The summed E-state index contributed by atoms with van der Waals surface area (Å²) in [6.07, 6.45) is 4.40. The standard InChI is InChI=1S/C27H32FN5O4/c1-27(2,16-34)31-23(35)15-17-7-9-18(10-8-17)19-11-13-20(14-12-19)29-24(36)25-32-33-26(37-25)30-22-6-4-3-5-21(22)28/h3-6,11-14,17-18,34H,7-10,15-16H2,1-2H3,(H,29,36)(H,30,33)(H,31,35)/t17-,18-. The minimum absolute atomic E-state index is 0.0148. The fraction of sp³-hybridized carbons (Fsp3) is 0.407. The number of anilines is 3. The van der Waals surface area contributed by atoms with Gasteiger partial charge in [0.15, 0.2) is 0 Å². The summed E-state index contributed by atoms with van der Waals surface area (Å²) in [6, 6.07) is 13.6.